The molecule has 3 fully saturated rings. The molecule has 1 saturated carbocycles. The maximum Gasteiger partial charge on any atom is 0.314 e. The van der Waals surface area contributed by atoms with E-state index in [9.17, 15) is 9.59 Å². The van der Waals surface area contributed by atoms with Gasteiger partial charge in [-0.05, 0) is 19.8 Å². The monoisotopic (exact) mass is 183 g/mol. The van der Waals surface area contributed by atoms with Crippen molar-refractivity contribution in [2.75, 3.05) is 13.2 Å². The predicted octanol–water partition coefficient (Wildman–Crippen LogP) is 0.170. The van der Waals surface area contributed by atoms with E-state index in [-0.39, 0.29) is 11.4 Å². The van der Waals surface area contributed by atoms with Crippen molar-refractivity contribution in [2.45, 2.75) is 25.8 Å². The maximum absolute atomic E-state index is 11.5. The lowest BCUT2D eigenvalue weighted by Gasteiger charge is -2.33. The van der Waals surface area contributed by atoms with E-state index in [1.54, 1.807) is 11.8 Å². The summed E-state index contributed by atoms with van der Waals surface area (Å²) < 4.78 is 4.98. The zero-order valence-electron chi connectivity index (χ0n) is 7.66. The van der Waals surface area contributed by atoms with E-state index in [1.165, 1.54) is 0 Å². The van der Waals surface area contributed by atoms with E-state index < -0.39 is 0 Å². The molecular weight excluding hydrogens is 170 g/mol. The molecule has 4 nitrogen and oxygen atoms in total. The smallest absolute Gasteiger partial charge is 0.314 e. The Bertz CT molecular complexity index is 245. The molecule has 0 aromatic rings. The fraction of sp³-hybridized carbons (Fsp3) is 0.778. The first-order chi connectivity index (χ1) is 6.22. The Balaban J connectivity index is 2.02. The fourth-order valence-electron chi connectivity index (χ4n) is 2.32. The SMILES string of the molecule is CCOC(=O)C12CC(C1)N(C=O)C2. The molecule has 2 heterocycles. The molecule has 0 radical (unpaired) electrons. The summed E-state index contributed by atoms with van der Waals surface area (Å²) in [5, 5.41) is 0. The van der Waals surface area contributed by atoms with Gasteiger partial charge in [-0.25, -0.2) is 0 Å². The lowest BCUT2D eigenvalue weighted by Crippen LogP contribution is -2.41. The predicted molar refractivity (Wildman–Crippen MR) is 44.9 cm³/mol. The highest BCUT2D eigenvalue weighted by Gasteiger charge is 2.60. The van der Waals surface area contributed by atoms with Crippen molar-refractivity contribution in [3.8, 4) is 0 Å². The van der Waals surface area contributed by atoms with Crippen LogP contribution in [0.15, 0.2) is 0 Å². The molecule has 2 bridgehead atoms. The zero-order chi connectivity index (χ0) is 9.47. The molecule has 0 aromatic heterocycles. The second-order valence-electron chi connectivity index (χ2n) is 3.84. The molecule has 72 valence electrons. The molecule has 0 N–H and O–H groups in total. The van der Waals surface area contributed by atoms with Gasteiger partial charge in [-0.1, -0.05) is 0 Å². The average Bonchev–Trinajstić information content (AvgIpc) is 2.57. The molecule has 2 saturated heterocycles. The van der Waals surface area contributed by atoms with Gasteiger partial charge in [-0.3, -0.25) is 9.59 Å². The van der Waals surface area contributed by atoms with E-state index in [1.807, 2.05) is 0 Å². The molecule has 4 heteroatoms. The average molecular weight is 183 g/mol. The molecule has 3 aliphatic rings. The van der Waals surface area contributed by atoms with Crippen LogP contribution in [0.25, 0.3) is 0 Å². The van der Waals surface area contributed by atoms with Crippen molar-refractivity contribution >= 4 is 12.4 Å². The Morgan fingerprint density at radius 3 is 2.85 bits per heavy atom. The Morgan fingerprint density at radius 2 is 2.38 bits per heavy atom. The van der Waals surface area contributed by atoms with Gasteiger partial charge in [0.05, 0.1) is 12.0 Å². The topological polar surface area (TPSA) is 46.6 Å². The van der Waals surface area contributed by atoms with Crippen LogP contribution in [0.3, 0.4) is 0 Å². The number of esters is 1. The number of hydrogen-bond donors (Lipinski definition) is 0. The maximum atomic E-state index is 11.5. The van der Waals surface area contributed by atoms with Gasteiger partial charge in [0.1, 0.15) is 0 Å². The molecule has 1 aliphatic carbocycles. The summed E-state index contributed by atoms with van der Waals surface area (Å²) in [4.78, 5) is 23.7. The number of nitrogens with zero attached hydrogens (tertiary/aromatic N) is 1. The van der Waals surface area contributed by atoms with Gasteiger partial charge in [0.2, 0.25) is 6.41 Å². The van der Waals surface area contributed by atoms with Gasteiger partial charge in [0, 0.05) is 12.6 Å². The number of fused-ring (bicyclic) bond motifs is 1. The fourth-order valence-corrected chi connectivity index (χ4v) is 2.32. The third kappa shape index (κ3) is 1.04. The van der Waals surface area contributed by atoms with Crippen molar-refractivity contribution in [2.24, 2.45) is 5.41 Å². The van der Waals surface area contributed by atoms with Crippen LogP contribution in [0.4, 0.5) is 0 Å². The highest BCUT2D eigenvalue weighted by atomic mass is 16.5. The standard InChI is InChI=1S/C9H13NO3/c1-2-13-8(12)9-3-7(4-9)10(5-9)6-11/h6-7H,2-5H2,1H3. The van der Waals surface area contributed by atoms with Gasteiger partial charge in [-0.2, -0.15) is 0 Å². The summed E-state index contributed by atoms with van der Waals surface area (Å²) in [5.74, 6) is -0.129. The number of carbonyl (C=O) groups excluding carboxylic acids is 2. The summed E-state index contributed by atoms with van der Waals surface area (Å²) in [6.45, 7) is 2.78. The van der Waals surface area contributed by atoms with E-state index in [2.05, 4.69) is 0 Å². The first kappa shape index (κ1) is 8.53. The summed E-state index contributed by atoms with van der Waals surface area (Å²) in [6, 6.07) is 0.293. The summed E-state index contributed by atoms with van der Waals surface area (Å²) in [5.41, 5.74) is -0.346. The van der Waals surface area contributed by atoms with Gasteiger partial charge in [0.25, 0.3) is 0 Å². The third-order valence-corrected chi connectivity index (χ3v) is 3.05. The van der Waals surface area contributed by atoms with Crippen LogP contribution in [0.1, 0.15) is 19.8 Å². The van der Waals surface area contributed by atoms with E-state index in [0.29, 0.717) is 19.2 Å². The van der Waals surface area contributed by atoms with Crippen molar-refractivity contribution in [3.05, 3.63) is 0 Å². The van der Waals surface area contributed by atoms with Crippen molar-refractivity contribution in [1.29, 1.82) is 0 Å². The van der Waals surface area contributed by atoms with Crippen LogP contribution < -0.4 is 0 Å². The minimum Gasteiger partial charge on any atom is -0.466 e. The summed E-state index contributed by atoms with van der Waals surface area (Å²) in [7, 11) is 0. The molecule has 0 unspecified atom stereocenters. The van der Waals surface area contributed by atoms with E-state index >= 15 is 0 Å². The van der Waals surface area contributed by atoms with Crippen LogP contribution in [-0.2, 0) is 14.3 Å². The second kappa shape index (κ2) is 2.72. The summed E-state index contributed by atoms with van der Waals surface area (Å²) in [6.07, 6.45) is 2.42. The normalized spacial score (nSPS) is 35.5. The number of carbonyl (C=O) groups is 2. The molecule has 0 atom stereocenters. The lowest BCUT2D eigenvalue weighted by molar-refractivity contribution is -0.157. The van der Waals surface area contributed by atoms with Gasteiger partial charge in [0.15, 0.2) is 0 Å². The molecule has 0 aromatic carbocycles. The van der Waals surface area contributed by atoms with Crippen molar-refractivity contribution < 1.29 is 14.3 Å². The lowest BCUT2D eigenvalue weighted by atomic mass is 9.70. The largest absolute Gasteiger partial charge is 0.466 e. The number of rotatable bonds is 3. The van der Waals surface area contributed by atoms with Crippen LogP contribution in [-0.4, -0.2) is 36.5 Å². The molecule has 0 spiro atoms. The second-order valence-corrected chi connectivity index (χ2v) is 3.84. The first-order valence-electron chi connectivity index (χ1n) is 4.60. The summed E-state index contributed by atoms with van der Waals surface area (Å²) >= 11 is 0. The molecule has 2 aliphatic heterocycles. The van der Waals surface area contributed by atoms with Crippen LogP contribution in [0, 0.1) is 5.41 Å². The minimum absolute atomic E-state index is 0.129. The van der Waals surface area contributed by atoms with Crippen LogP contribution >= 0.6 is 0 Å². The minimum atomic E-state index is -0.346. The Hall–Kier alpha value is -1.06. The van der Waals surface area contributed by atoms with Gasteiger partial charge >= 0.3 is 5.97 Å². The third-order valence-electron chi connectivity index (χ3n) is 3.05. The number of hydrogen-bond acceptors (Lipinski definition) is 3. The number of ether oxygens (including phenoxy) is 1. The molecule has 1 amide bonds. The van der Waals surface area contributed by atoms with Crippen LogP contribution in [0.5, 0.6) is 0 Å². The van der Waals surface area contributed by atoms with Crippen LogP contribution in [0.2, 0.25) is 0 Å². The van der Waals surface area contributed by atoms with Crippen molar-refractivity contribution in [1.82, 2.24) is 4.90 Å². The highest BCUT2D eigenvalue weighted by molar-refractivity contribution is 5.80. The van der Waals surface area contributed by atoms with Crippen molar-refractivity contribution in [3.63, 3.8) is 0 Å². The van der Waals surface area contributed by atoms with Gasteiger partial charge in [-0.15, -0.1) is 0 Å². The molecule has 3 rings (SSSR count). The Labute approximate surface area is 76.8 Å². The highest BCUT2D eigenvalue weighted by Crippen LogP contribution is 2.51. The van der Waals surface area contributed by atoms with Gasteiger partial charge < -0.3 is 9.64 Å². The zero-order valence-corrected chi connectivity index (χ0v) is 7.66. The Morgan fingerprint density at radius 1 is 1.69 bits per heavy atom. The quantitative estimate of drug-likeness (QED) is 0.463. The molecular formula is C9H13NO3. The first-order valence-corrected chi connectivity index (χ1v) is 4.60. The van der Waals surface area contributed by atoms with E-state index in [4.69, 9.17) is 4.74 Å². The van der Waals surface area contributed by atoms with E-state index in [0.717, 1.165) is 19.3 Å². The number of amides is 1. The Kier molecular flexibility index (Phi) is 1.78. The molecule has 13 heavy (non-hydrogen) atoms.